The maximum absolute atomic E-state index is 13.3. The fourth-order valence-electron chi connectivity index (χ4n) is 3.55. The molecule has 0 radical (unpaired) electrons. The van der Waals surface area contributed by atoms with E-state index in [0.29, 0.717) is 22.7 Å². The Labute approximate surface area is 174 Å². The van der Waals surface area contributed by atoms with Crippen molar-refractivity contribution in [3.63, 3.8) is 0 Å². The van der Waals surface area contributed by atoms with Crippen molar-refractivity contribution in [2.24, 2.45) is 0 Å². The third kappa shape index (κ3) is 2.91. The number of aromatic amines is 2. The summed E-state index contributed by atoms with van der Waals surface area (Å²) in [5, 5.41) is 8.32. The molecule has 0 atom stereocenters. The predicted molar refractivity (Wildman–Crippen MR) is 113 cm³/mol. The van der Waals surface area contributed by atoms with Crippen LogP contribution in [0.1, 0.15) is 0 Å². The van der Waals surface area contributed by atoms with E-state index in [1.54, 1.807) is 36.9 Å². The Bertz CT molecular complexity index is 1540. The highest BCUT2D eigenvalue weighted by atomic mass is 19.1. The van der Waals surface area contributed by atoms with Crippen molar-refractivity contribution in [3.8, 4) is 34.0 Å². The molecule has 5 aromatic heterocycles. The van der Waals surface area contributed by atoms with Crippen LogP contribution in [0.3, 0.4) is 0 Å². The molecule has 5 heterocycles. The maximum atomic E-state index is 13.3. The molecule has 2 N–H and O–H groups in total. The van der Waals surface area contributed by atoms with Gasteiger partial charge in [-0.25, -0.2) is 19.3 Å². The van der Waals surface area contributed by atoms with E-state index in [1.807, 2.05) is 12.1 Å². The molecule has 0 fully saturated rings. The first-order valence-electron chi connectivity index (χ1n) is 9.47. The predicted octanol–water partition coefficient (Wildman–Crippen LogP) is 4.16. The number of pyridine rings is 2. The second-order valence-electron chi connectivity index (χ2n) is 6.96. The number of hydrogen-bond acceptors (Lipinski definition) is 6. The molecule has 0 aliphatic carbocycles. The van der Waals surface area contributed by atoms with Crippen LogP contribution in [-0.2, 0) is 0 Å². The van der Waals surface area contributed by atoms with Gasteiger partial charge in [-0.1, -0.05) is 0 Å². The summed E-state index contributed by atoms with van der Waals surface area (Å²) in [4.78, 5) is 25.1. The van der Waals surface area contributed by atoms with Gasteiger partial charge in [-0.05, 0) is 36.4 Å². The van der Waals surface area contributed by atoms with E-state index in [2.05, 4.69) is 35.1 Å². The topological polar surface area (TPSA) is 109 Å². The van der Waals surface area contributed by atoms with Crippen LogP contribution in [0.15, 0.2) is 67.5 Å². The molecule has 6 rings (SSSR count). The first kappa shape index (κ1) is 17.3. The fraction of sp³-hybridized carbons (Fsp3) is 0. The van der Waals surface area contributed by atoms with Crippen molar-refractivity contribution < 1.29 is 4.39 Å². The first-order chi connectivity index (χ1) is 15.3. The van der Waals surface area contributed by atoms with Gasteiger partial charge >= 0.3 is 0 Å². The zero-order chi connectivity index (χ0) is 20.8. The lowest BCUT2D eigenvalue weighted by atomic mass is 10.1. The standard InChI is InChI=1S/C22H13FN8/c23-14-3-1-12(2-4-14)19-21-16(5-6-26-19)28-22(29-21)20-15-7-17(13-8-24-11-25-9-13)27-10-18(15)30-31-20/h1-11H,(H,28,29)(H,30,31). The molecule has 1 aromatic carbocycles. The molecule has 0 unspecified atom stereocenters. The van der Waals surface area contributed by atoms with Gasteiger partial charge in [0, 0.05) is 35.1 Å². The van der Waals surface area contributed by atoms with Gasteiger partial charge in [0.2, 0.25) is 0 Å². The number of nitrogens with one attached hydrogen (secondary N) is 2. The summed E-state index contributed by atoms with van der Waals surface area (Å²) < 4.78 is 13.3. The molecule has 0 bridgehead atoms. The molecule has 31 heavy (non-hydrogen) atoms. The third-order valence-electron chi connectivity index (χ3n) is 5.05. The molecule has 9 heteroatoms. The van der Waals surface area contributed by atoms with Gasteiger partial charge in [0.15, 0.2) is 5.82 Å². The van der Waals surface area contributed by atoms with E-state index in [4.69, 9.17) is 4.98 Å². The van der Waals surface area contributed by atoms with Gasteiger partial charge in [-0.3, -0.25) is 15.1 Å². The number of halogens is 1. The quantitative estimate of drug-likeness (QED) is 0.455. The van der Waals surface area contributed by atoms with Crippen LogP contribution in [0, 0.1) is 5.82 Å². The van der Waals surface area contributed by atoms with Gasteiger partial charge < -0.3 is 4.98 Å². The minimum atomic E-state index is -0.296. The second kappa shape index (κ2) is 6.77. The van der Waals surface area contributed by atoms with Crippen LogP contribution in [0.25, 0.3) is 56.0 Å². The van der Waals surface area contributed by atoms with Crippen LogP contribution in [0.2, 0.25) is 0 Å². The van der Waals surface area contributed by atoms with Crippen molar-refractivity contribution >= 4 is 21.9 Å². The van der Waals surface area contributed by atoms with Crippen LogP contribution >= 0.6 is 0 Å². The Hall–Kier alpha value is -4.53. The molecule has 0 aliphatic rings. The monoisotopic (exact) mass is 408 g/mol. The summed E-state index contributed by atoms with van der Waals surface area (Å²) >= 11 is 0. The summed E-state index contributed by atoms with van der Waals surface area (Å²) in [6.07, 6.45) is 8.32. The first-order valence-corrected chi connectivity index (χ1v) is 9.47. The molecule has 8 nitrogen and oxygen atoms in total. The molecule has 0 saturated heterocycles. The Morgan fingerprint density at radius 1 is 0.806 bits per heavy atom. The number of hydrogen-bond donors (Lipinski definition) is 2. The lowest BCUT2D eigenvalue weighted by molar-refractivity contribution is 0.628. The smallest absolute Gasteiger partial charge is 0.159 e. The normalized spacial score (nSPS) is 11.4. The highest BCUT2D eigenvalue weighted by molar-refractivity contribution is 5.96. The van der Waals surface area contributed by atoms with Gasteiger partial charge in [-0.2, -0.15) is 5.10 Å². The maximum Gasteiger partial charge on any atom is 0.159 e. The molecular weight excluding hydrogens is 395 g/mol. The van der Waals surface area contributed by atoms with Crippen LogP contribution in [-0.4, -0.2) is 40.1 Å². The number of imidazole rings is 1. The summed E-state index contributed by atoms with van der Waals surface area (Å²) in [5.74, 6) is 0.300. The Balaban J connectivity index is 1.51. The molecular formula is C22H13FN8. The fourth-order valence-corrected chi connectivity index (χ4v) is 3.55. The lowest BCUT2D eigenvalue weighted by Crippen LogP contribution is -1.87. The average molecular weight is 408 g/mol. The largest absolute Gasteiger partial charge is 0.336 e. The summed E-state index contributed by atoms with van der Waals surface area (Å²) in [7, 11) is 0. The van der Waals surface area contributed by atoms with E-state index < -0.39 is 0 Å². The van der Waals surface area contributed by atoms with Crippen LogP contribution in [0.4, 0.5) is 4.39 Å². The summed E-state index contributed by atoms with van der Waals surface area (Å²) in [6.45, 7) is 0. The Morgan fingerprint density at radius 3 is 2.48 bits per heavy atom. The number of aromatic nitrogens is 8. The Morgan fingerprint density at radius 2 is 1.65 bits per heavy atom. The summed E-state index contributed by atoms with van der Waals surface area (Å²) in [5.41, 5.74) is 5.95. The van der Waals surface area contributed by atoms with Crippen molar-refractivity contribution in [1.29, 1.82) is 0 Å². The van der Waals surface area contributed by atoms with Gasteiger partial charge in [0.1, 0.15) is 23.4 Å². The minimum absolute atomic E-state index is 0.296. The van der Waals surface area contributed by atoms with Gasteiger partial charge in [0.25, 0.3) is 0 Å². The van der Waals surface area contributed by atoms with Gasteiger partial charge in [-0.15, -0.1) is 0 Å². The SMILES string of the molecule is Fc1ccc(-c2nccc3[nH]c(-c4n[nH]c5cnc(-c6cncnc6)cc45)nc23)cc1. The number of H-pyrrole nitrogens is 2. The highest BCUT2D eigenvalue weighted by Gasteiger charge is 2.17. The molecule has 0 saturated carbocycles. The minimum Gasteiger partial charge on any atom is -0.336 e. The van der Waals surface area contributed by atoms with Gasteiger partial charge in [0.05, 0.1) is 28.6 Å². The highest BCUT2D eigenvalue weighted by Crippen LogP contribution is 2.31. The number of nitrogens with zero attached hydrogens (tertiary/aromatic N) is 6. The van der Waals surface area contributed by atoms with Crippen LogP contribution in [0.5, 0.6) is 0 Å². The average Bonchev–Trinajstić information content (AvgIpc) is 3.43. The van der Waals surface area contributed by atoms with E-state index in [0.717, 1.165) is 33.2 Å². The van der Waals surface area contributed by atoms with E-state index in [1.165, 1.54) is 18.5 Å². The van der Waals surface area contributed by atoms with E-state index >= 15 is 0 Å². The third-order valence-corrected chi connectivity index (χ3v) is 5.05. The molecule has 6 aromatic rings. The van der Waals surface area contributed by atoms with E-state index in [-0.39, 0.29) is 5.82 Å². The van der Waals surface area contributed by atoms with Crippen molar-refractivity contribution in [2.45, 2.75) is 0 Å². The summed E-state index contributed by atoms with van der Waals surface area (Å²) in [6, 6.07) is 9.98. The van der Waals surface area contributed by atoms with E-state index in [9.17, 15) is 4.39 Å². The number of fused-ring (bicyclic) bond motifs is 2. The zero-order valence-corrected chi connectivity index (χ0v) is 15.9. The lowest BCUT2D eigenvalue weighted by Gasteiger charge is -2.01. The zero-order valence-electron chi connectivity index (χ0n) is 15.9. The molecule has 0 spiro atoms. The number of rotatable bonds is 3. The van der Waals surface area contributed by atoms with Crippen molar-refractivity contribution in [3.05, 3.63) is 73.3 Å². The molecule has 148 valence electrons. The molecule has 0 aliphatic heterocycles. The Kier molecular flexibility index (Phi) is 3.79. The van der Waals surface area contributed by atoms with Crippen molar-refractivity contribution in [1.82, 2.24) is 40.1 Å². The van der Waals surface area contributed by atoms with Crippen LogP contribution < -0.4 is 0 Å². The number of benzene rings is 1. The second-order valence-corrected chi connectivity index (χ2v) is 6.96. The van der Waals surface area contributed by atoms with Crippen molar-refractivity contribution in [2.75, 3.05) is 0 Å². The molecule has 0 amide bonds.